The molecule has 1 aromatic rings. The highest BCUT2D eigenvalue weighted by atomic mass is 16.2. The lowest BCUT2D eigenvalue weighted by Crippen LogP contribution is -2.51. The van der Waals surface area contributed by atoms with Crippen LogP contribution in [0.25, 0.3) is 0 Å². The maximum Gasteiger partial charge on any atom is 0.237 e. The molecule has 3 N–H and O–H groups in total. The molecule has 0 bridgehead atoms. The zero-order chi connectivity index (χ0) is 15.2. The lowest BCUT2D eigenvalue weighted by molar-refractivity contribution is -0.128. The summed E-state index contributed by atoms with van der Waals surface area (Å²) < 4.78 is 0. The summed E-state index contributed by atoms with van der Waals surface area (Å²) in [6.07, 6.45) is 5.22. The van der Waals surface area contributed by atoms with E-state index in [1.165, 1.54) is 19.3 Å². The third-order valence-corrected chi connectivity index (χ3v) is 3.83. The third kappa shape index (κ3) is 4.39. The van der Waals surface area contributed by atoms with Crippen molar-refractivity contribution in [2.24, 2.45) is 5.92 Å². The zero-order valence-corrected chi connectivity index (χ0v) is 12.9. The van der Waals surface area contributed by atoms with Gasteiger partial charge in [0, 0.05) is 6.20 Å². The number of piperidine rings is 1. The number of anilines is 1. The van der Waals surface area contributed by atoms with Crippen LogP contribution in [0, 0.1) is 5.92 Å². The van der Waals surface area contributed by atoms with E-state index in [1.807, 2.05) is 0 Å². The Morgan fingerprint density at radius 2 is 2.10 bits per heavy atom. The Hall–Kier alpha value is -1.69. The summed E-state index contributed by atoms with van der Waals surface area (Å²) >= 11 is 0. The van der Waals surface area contributed by atoms with E-state index in [0.717, 1.165) is 13.1 Å². The number of hydrogen-bond acceptors (Lipinski definition) is 5. The monoisotopic (exact) mass is 291 g/mol. The number of carbonyl (C=O) groups excluding carboxylic acids is 1. The molecule has 1 aliphatic rings. The SMILES string of the molecule is CC(C)[C@H](C(=O)NCc1nccc(N)n1)N1CCCCC1. The van der Waals surface area contributed by atoms with Crippen molar-refractivity contribution in [2.45, 2.75) is 45.7 Å². The predicted molar refractivity (Wildman–Crippen MR) is 82.3 cm³/mol. The molecule has 6 heteroatoms. The minimum Gasteiger partial charge on any atom is -0.384 e. The van der Waals surface area contributed by atoms with E-state index in [9.17, 15) is 4.79 Å². The van der Waals surface area contributed by atoms with E-state index in [-0.39, 0.29) is 17.9 Å². The summed E-state index contributed by atoms with van der Waals surface area (Å²) in [4.78, 5) is 23.0. The van der Waals surface area contributed by atoms with Crippen molar-refractivity contribution in [3.8, 4) is 0 Å². The average molecular weight is 291 g/mol. The van der Waals surface area contributed by atoms with Gasteiger partial charge >= 0.3 is 0 Å². The molecular weight excluding hydrogens is 266 g/mol. The van der Waals surface area contributed by atoms with E-state index < -0.39 is 0 Å². The number of nitrogen functional groups attached to an aromatic ring is 1. The van der Waals surface area contributed by atoms with Gasteiger partial charge in [-0.25, -0.2) is 9.97 Å². The van der Waals surface area contributed by atoms with Crippen LogP contribution in [0.4, 0.5) is 5.82 Å². The minimum absolute atomic E-state index is 0.0536. The van der Waals surface area contributed by atoms with E-state index in [2.05, 4.69) is 34.0 Å². The van der Waals surface area contributed by atoms with Gasteiger partial charge < -0.3 is 11.1 Å². The molecule has 0 aliphatic carbocycles. The first-order chi connectivity index (χ1) is 10.1. The molecule has 0 radical (unpaired) electrons. The molecule has 0 unspecified atom stereocenters. The van der Waals surface area contributed by atoms with Crippen LogP contribution >= 0.6 is 0 Å². The van der Waals surface area contributed by atoms with Gasteiger partial charge in [0.15, 0.2) is 0 Å². The molecule has 1 amide bonds. The molecule has 1 aromatic heterocycles. The predicted octanol–water partition coefficient (Wildman–Crippen LogP) is 1.19. The van der Waals surface area contributed by atoms with E-state index in [4.69, 9.17) is 5.73 Å². The number of amides is 1. The number of nitrogens with zero attached hydrogens (tertiary/aromatic N) is 3. The first-order valence-corrected chi connectivity index (χ1v) is 7.67. The van der Waals surface area contributed by atoms with Gasteiger partial charge in [0.2, 0.25) is 5.91 Å². The second-order valence-corrected chi connectivity index (χ2v) is 5.90. The summed E-state index contributed by atoms with van der Waals surface area (Å²) in [6, 6.07) is 1.56. The van der Waals surface area contributed by atoms with Crippen LogP contribution in [-0.2, 0) is 11.3 Å². The number of nitrogens with two attached hydrogens (primary N) is 1. The highest BCUT2D eigenvalue weighted by molar-refractivity contribution is 5.81. The van der Waals surface area contributed by atoms with Crippen molar-refractivity contribution < 1.29 is 4.79 Å². The van der Waals surface area contributed by atoms with Crippen molar-refractivity contribution in [1.82, 2.24) is 20.2 Å². The molecule has 0 saturated carbocycles. The van der Waals surface area contributed by atoms with Crippen LogP contribution in [-0.4, -0.2) is 39.9 Å². The quantitative estimate of drug-likeness (QED) is 0.851. The molecule has 1 saturated heterocycles. The van der Waals surface area contributed by atoms with Crippen LogP contribution in [0.3, 0.4) is 0 Å². The van der Waals surface area contributed by atoms with Crippen molar-refractivity contribution in [2.75, 3.05) is 18.8 Å². The number of hydrogen-bond donors (Lipinski definition) is 2. The molecule has 2 heterocycles. The second kappa shape index (κ2) is 7.36. The highest BCUT2D eigenvalue weighted by Crippen LogP contribution is 2.17. The number of carbonyl (C=O) groups is 1. The fraction of sp³-hybridized carbons (Fsp3) is 0.667. The first-order valence-electron chi connectivity index (χ1n) is 7.67. The van der Waals surface area contributed by atoms with Gasteiger partial charge in [0.1, 0.15) is 11.6 Å². The van der Waals surface area contributed by atoms with E-state index in [0.29, 0.717) is 18.2 Å². The average Bonchev–Trinajstić information content (AvgIpc) is 2.46. The van der Waals surface area contributed by atoms with Crippen molar-refractivity contribution in [3.05, 3.63) is 18.1 Å². The molecule has 1 aliphatic heterocycles. The summed E-state index contributed by atoms with van der Waals surface area (Å²) in [5, 5.41) is 2.94. The van der Waals surface area contributed by atoms with Crippen LogP contribution < -0.4 is 11.1 Å². The zero-order valence-electron chi connectivity index (χ0n) is 12.9. The fourth-order valence-corrected chi connectivity index (χ4v) is 2.86. The van der Waals surface area contributed by atoms with Gasteiger partial charge in [-0.15, -0.1) is 0 Å². The summed E-state index contributed by atoms with van der Waals surface area (Å²) in [7, 11) is 0. The van der Waals surface area contributed by atoms with Gasteiger partial charge in [-0.3, -0.25) is 9.69 Å². The molecule has 0 aromatic carbocycles. The van der Waals surface area contributed by atoms with Crippen molar-refractivity contribution in [1.29, 1.82) is 0 Å². The van der Waals surface area contributed by atoms with Crippen molar-refractivity contribution in [3.63, 3.8) is 0 Å². The Labute approximate surface area is 126 Å². The van der Waals surface area contributed by atoms with Crippen molar-refractivity contribution >= 4 is 11.7 Å². The van der Waals surface area contributed by atoms with Gasteiger partial charge in [-0.1, -0.05) is 20.3 Å². The normalized spacial score (nSPS) is 17.7. The topological polar surface area (TPSA) is 84.1 Å². The minimum atomic E-state index is -0.0774. The Morgan fingerprint density at radius 1 is 1.38 bits per heavy atom. The fourth-order valence-electron chi connectivity index (χ4n) is 2.86. The number of rotatable bonds is 5. The third-order valence-electron chi connectivity index (χ3n) is 3.83. The molecule has 1 atom stereocenters. The smallest absolute Gasteiger partial charge is 0.237 e. The lowest BCUT2D eigenvalue weighted by Gasteiger charge is -2.35. The van der Waals surface area contributed by atoms with Gasteiger partial charge in [-0.05, 0) is 37.9 Å². The van der Waals surface area contributed by atoms with E-state index in [1.54, 1.807) is 12.3 Å². The van der Waals surface area contributed by atoms with Gasteiger partial charge in [0.25, 0.3) is 0 Å². The maximum atomic E-state index is 12.5. The lowest BCUT2D eigenvalue weighted by atomic mass is 9.98. The number of aromatic nitrogens is 2. The Kier molecular flexibility index (Phi) is 5.50. The maximum absolute atomic E-state index is 12.5. The molecule has 0 spiro atoms. The number of likely N-dealkylation sites (tertiary alicyclic amines) is 1. The summed E-state index contributed by atoms with van der Waals surface area (Å²) in [5.41, 5.74) is 5.62. The summed E-state index contributed by atoms with van der Waals surface area (Å²) in [6.45, 7) is 6.52. The first kappa shape index (κ1) is 15.7. The highest BCUT2D eigenvalue weighted by Gasteiger charge is 2.29. The largest absolute Gasteiger partial charge is 0.384 e. The van der Waals surface area contributed by atoms with Crippen LogP contribution in [0.5, 0.6) is 0 Å². The van der Waals surface area contributed by atoms with Gasteiger partial charge in [-0.2, -0.15) is 0 Å². The Bertz CT molecular complexity index is 471. The standard InChI is InChI=1S/C15H25N5O/c1-11(2)14(20-8-4-3-5-9-20)15(21)18-10-13-17-7-6-12(16)19-13/h6-7,11,14H,3-5,8-10H2,1-2H3,(H,18,21)(H2,16,17,19)/t14-/m1/s1. The Balaban J connectivity index is 1.95. The molecule has 116 valence electrons. The number of nitrogens with one attached hydrogen (secondary N) is 1. The van der Waals surface area contributed by atoms with E-state index >= 15 is 0 Å². The molecule has 1 fully saturated rings. The summed E-state index contributed by atoms with van der Waals surface area (Å²) in [5.74, 6) is 1.30. The molecule has 2 rings (SSSR count). The van der Waals surface area contributed by atoms with Crippen LogP contribution in [0.15, 0.2) is 12.3 Å². The Morgan fingerprint density at radius 3 is 2.71 bits per heavy atom. The molecular formula is C15H25N5O. The second-order valence-electron chi connectivity index (χ2n) is 5.90. The molecule has 6 nitrogen and oxygen atoms in total. The van der Waals surface area contributed by atoms with Crippen LogP contribution in [0.1, 0.15) is 38.9 Å². The van der Waals surface area contributed by atoms with Gasteiger partial charge in [0.05, 0.1) is 12.6 Å². The van der Waals surface area contributed by atoms with Crippen LogP contribution in [0.2, 0.25) is 0 Å². The molecule has 21 heavy (non-hydrogen) atoms.